The van der Waals surface area contributed by atoms with Crippen LogP contribution in [0.4, 0.5) is 0 Å². The highest BCUT2D eigenvalue weighted by molar-refractivity contribution is 6.10. The molecule has 9 atom stereocenters. The average Bonchev–Trinajstić information content (AvgIpc) is 3.23. The second-order valence-corrected chi connectivity index (χ2v) is 14.7. The quantitative estimate of drug-likeness (QED) is 0.107. The molecular formula is C42H38O19. The lowest BCUT2D eigenvalue weighted by Gasteiger charge is -2.40. The van der Waals surface area contributed by atoms with Crippen LogP contribution in [0.3, 0.4) is 0 Å². The van der Waals surface area contributed by atoms with Gasteiger partial charge in [-0.1, -0.05) is 0 Å². The molecule has 19 nitrogen and oxygen atoms in total. The highest BCUT2D eigenvalue weighted by atomic mass is 16.5. The van der Waals surface area contributed by atoms with Crippen molar-refractivity contribution in [1.82, 2.24) is 0 Å². The largest absolute Gasteiger partial charge is 0.508 e. The van der Waals surface area contributed by atoms with Crippen molar-refractivity contribution < 1.29 is 84.3 Å². The average molecular weight is 847 g/mol. The summed E-state index contributed by atoms with van der Waals surface area (Å²) in [5, 5.41) is 131. The van der Waals surface area contributed by atoms with Crippen LogP contribution < -0.4 is 15.6 Å². The van der Waals surface area contributed by atoms with Gasteiger partial charge in [0.2, 0.25) is 0 Å². The molecule has 2 fully saturated rings. The van der Waals surface area contributed by atoms with Gasteiger partial charge in [-0.3, -0.25) is 9.59 Å². The first-order valence-electron chi connectivity index (χ1n) is 18.6. The van der Waals surface area contributed by atoms with Crippen LogP contribution in [0.5, 0.6) is 34.5 Å². The van der Waals surface area contributed by atoms with Crippen molar-refractivity contribution in [2.45, 2.75) is 54.9 Å². The van der Waals surface area contributed by atoms with Crippen molar-refractivity contribution in [2.24, 2.45) is 0 Å². The van der Waals surface area contributed by atoms with E-state index in [9.17, 15) is 70.9 Å². The molecule has 61 heavy (non-hydrogen) atoms. The van der Waals surface area contributed by atoms with E-state index in [0.717, 1.165) is 19.2 Å². The number of hydrogen-bond donors (Lipinski definition) is 12. The van der Waals surface area contributed by atoms with E-state index in [4.69, 9.17) is 23.0 Å². The van der Waals surface area contributed by atoms with Gasteiger partial charge in [0.25, 0.3) is 0 Å². The second kappa shape index (κ2) is 15.6. The normalized spacial score (nSPS) is 25.5. The van der Waals surface area contributed by atoms with Crippen molar-refractivity contribution in [3.8, 4) is 68.3 Å². The summed E-state index contributed by atoms with van der Waals surface area (Å²) in [5.41, 5.74) is -5.64. The zero-order valence-corrected chi connectivity index (χ0v) is 31.6. The van der Waals surface area contributed by atoms with Gasteiger partial charge in [0.1, 0.15) is 112 Å². The summed E-state index contributed by atoms with van der Waals surface area (Å²) in [6, 6.07) is 12.6. The number of methoxy groups -OCH3 is 1. The van der Waals surface area contributed by atoms with Crippen LogP contribution in [0.1, 0.15) is 23.3 Å². The van der Waals surface area contributed by atoms with Crippen molar-refractivity contribution in [3.63, 3.8) is 0 Å². The SMILES string of the molecule is COc1c([C@H]2OC[C@H](O)[C@H](O)[C@@H]2O)c(O)c(-c2c(O)c([C@H]3O[C@@H](CO)[C@@H](O)[C@@H](O)[C@@H]3O)c(O)c3c(=O)cc(-c4ccc(O)cc4)oc23)c2oc(-c3ccc(O)cc3)cc(=O)c12. The van der Waals surface area contributed by atoms with E-state index < -0.39 is 146 Å². The first-order valence-corrected chi connectivity index (χ1v) is 18.6. The third kappa shape index (κ3) is 6.68. The number of aliphatic hydroxyl groups excluding tert-OH is 7. The molecule has 0 radical (unpaired) electrons. The summed E-state index contributed by atoms with van der Waals surface area (Å²) in [6.07, 6.45) is -17.1. The maximum atomic E-state index is 14.4. The predicted molar refractivity (Wildman–Crippen MR) is 209 cm³/mol. The molecule has 0 amide bonds. The molecule has 4 aromatic carbocycles. The van der Waals surface area contributed by atoms with Gasteiger partial charge in [-0.25, -0.2) is 0 Å². The van der Waals surface area contributed by atoms with Crippen LogP contribution in [0, 0.1) is 0 Å². The molecule has 6 aromatic rings. The standard InChI is InChI=1S/C42H38O19/c1-57-38-25-19(47)11-22(15-4-8-17(45)9-5-15)60-40(25)27(34(53)29(38)41-36(55)30(49)20(48)13-58-41)26-33(52)28(42-37(56)35(54)31(50)23(12-43)61-42)32(51)24-18(46)10-21(59-39(24)26)14-2-6-16(44)7-3-14/h2-11,20,23,30-31,35-37,41-45,48-56H,12-13H2,1H3/t20-,23-,30-,31+,35+,36-,37-,41+,42+/m0/s1. The Labute approximate surface area is 341 Å². The van der Waals surface area contributed by atoms with Gasteiger partial charge in [-0.2, -0.15) is 0 Å². The van der Waals surface area contributed by atoms with Crippen LogP contribution >= 0.6 is 0 Å². The van der Waals surface area contributed by atoms with Crippen LogP contribution in [0.15, 0.2) is 79.1 Å². The fraction of sp³-hybridized carbons (Fsp3) is 0.286. The van der Waals surface area contributed by atoms with Gasteiger partial charge in [0.15, 0.2) is 22.0 Å². The Morgan fingerprint density at radius 3 is 1.62 bits per heavy atom. The van der Waals surface area contributed by atoms with Crippen LogP contribution in [-0.4, -0.2) is 124 Å². The monoisotopic (exact) mass is 846 g/mol. The Bertz CT molecular complexity index is 2780. The van der Waals surface area contributed by atoms with Gasteiger partial charge in [-0.05, 0) is 48.5 Å². The molecule has 12 N–H and O–H groups in total. The maximum absolute atomic E-state index is 14.4. The molecule has 0 spiro atoms. The highest BCUT2D eigenvalue weighted by Crippen LogP contribution is 2.57. The van der Waals surface area contributed by atoms with Crippen molar-refractivity contribution in [3.05, 3.63) is 92.2 Å². The number of aromatic hydroxyl groups is 5. The number of rotatable bonds is 7. The molecule has 0 saturated carbocycles. The third-order valence-corrected chi connectivity index (χ3v) is 11.0. The first kappa shape index (κ1) is 41.5. The molecule has 2 saturated heterocycles. The molecule has 2 aromatic heterocycles. The lowest BCUT2D eigenvalue weighted by Crippen LogP contribution is -2.55. The highest BCUT2D eigenvalue weighted by Gasteiger charge is 2.48. The second-order valence-electron chi connectivity index (χ2n) is 14.7. The van der Waals surface area contributed by atoms with Gasteiger partial charge in [0, 0.05) is 23.3 Å². The minimum atomic E-state index is -2.17. The van der Waals surface area contributed by atoms with Gasteiger partial charge >= 0.3 is 0 Å². The Morgan fingerprint density at radius 2 is 1.10 bits per heavy atom. The summed E-state index contributed by atoms with van der Waals surface area (Å²) < 4.78 is 29.6. The van der Waals surface area contributed by atoms with Crippen molar-refractivity contribution >= 4 is 21.9 Å². The summed E-state index contributed by atoms with van der Waals surface area (Å²) >= 11 is 0. The van der Waals surface area contributed by atoms with Crippen molar-refractivity contribution in [2.75, 3.05) is 20.3 Å². The molecule has 2 aliphatic heterocycles. The fourth-order valence-corrected chi connectivity index (χ4v) is 7.90. The lowest BCUT2D eigenvalue weighted by molar-refractivity contribution is -0.232. The first-order chi connectivity index (χ1) is 29.1. The third-order valence-electron chi connectivity index (χ3n) is 11.0. The number of aliphatic hydroxyl groups is 7. The minimum Gasteiger partial charge on any atom is -0.508 e. The summed E-state index contributed by atoms with van der Waals surface area (Å²) in [6.45, 7) is -1.54. The molecule has 19 heteroatoms. The van der Waals surface area contributed by atoms with Gasteiger partial charge in [-0.15, -0.1) is 0 Å². The van der Waals surface area contributed by atoms with Crippen LogP contribution in [0.25, 0.3) is 55.7 Å². The Morgan fingerprint density at radius 1 is 0.607 bits per heavy atom. The lowest BCUT2D eigenvalue weighted by atomic mass is 9.85. The molecule has 320 valence electrons. The molecule has 8 rings (SSSR count). The fourth-order valence-electron chi connectivity index (χ4n) is 7.90. The number of ether oxygens (including phenoxy) is 3. The van der Waals surface area contributed by atoms with E-state index in [2.05, 4.69) is 0 Å². The zero-order chi connectivity index (χ0) is 43.8. The predicted octanol–water partition coefficient (Wildman–Crippen LogP) is 1.11. The summed E-state index contributed by atoms with van der Waals surface area (Å²) in [4.78, 5) is 28.6. The maximum Gasteiger partial charge on any atom is 0.197 e. The molecular weight excluding hydrogens is 808 g/mol. The molecule has 0 unspecified atom stereocenters. The summed E-state index contributed by atoms with van der Waals surface area (Å²) in [5.74, 6) is -4.44. The van der Waals surface area contributed by atoms with E-state index in [1.165, 1.54) is 48.5 Å². The van der Waals surface area contributed by atoms with Gasteiger partial charge in [0.05, 0.1) is 42.6 Å². The smallest absolute Gasteiger partial charge is 0.197 e. The van der Waals surface area contributed by atoms with E-state index >= 15 is 0 Å². The minimum absolute atomic E-state index is 0.143. The topological polar surface area (TPSA) is 331 Å². The number of phenols is 5. The number of phenolic OH excluding ortho intramolecular Hbond substituents is 5. The molecule has 0 aliphatic carbocycles. The van der Waals surface area contributed by atoms with Crippen molar-refractivity contribution in [1.29, 1.82) is 0 Å². The van der Waals surface area contributed by atoms with E-state index in [-0.39, 0.29) is 34.1 Å². The Balaban J connectivity index is 1.57. The van der Waals surface area contributed by atoms with Crippen LogP contribution in [-0.2, 0) is 9.47 Å². The van der Waals surface area contributed by atoms with E-state index in [1.54, 1.807) is 0 Å². The van der Waals surface area contributed by atoms with E-state index in [1.807, 2.05) is 0 Å². The summed E-state index contributed by atoms with van der Waals surface area (Å²) in [7, 11) is 1.10. The molecule has 4 heterocycles. The Hall–Kier alpha value is -6.26. The van der Waals surface area contributed by atoms with Gasteiger partial charge < -0.3 is 84.3 Å². The molecule has 0 bridgehead atoms. The van der Waals surface area contributed by atoms with E-state index in [0.29, 0.717) is 0 Å². The Kier molecular flexibility index (Phi) is 10.6. The number of hydrogen-bond acceptors (Lipinski definition) is 19. The zero-order valence-electron chi connectivity index (χ0n) is 31.6. The number of benzene rings is 4. The number of fused-ring (bicyclic) bond motifs is 2. The molecule has 2 aliphatic rings. The van der Waals surface area contributed by atoms with Crippen LogP contribution in [0.2, 0.25) is 0 Å².